The highest BCUT2D eigenvalue weighted by Gasteiger charge is 2.44. The van der Waals surface area contributed by atoms with Crippen LogP contribution in [0.25, 0.3) is 0 Å². The summed E-state index contributed by atoms with van der Waals surface area (Å²) in [6.07, 6.45) is 2.44. The van der Waals surface area contributed by atoms with Crippen LogP contribution in [0.4, 0.5) is 0 Å². The van der Waals surface area contributed by atoms with E-state index in [0.717, 1.165) is 0 Å². The van der Waals surface area contributed by atoms with Gasteiger partial charge in [-0.2, -0.15) is 10.4 Å². The summed E-state index contributed by atoms with van der Waals surface area (Å²) in [5.41, 5.74) is 6.48. The number of allylic oxidation sites excluding steroid dienone is 3. The zero-order chi connectivity index (χ0) is 16.8. The molecule has 0 saturated heterocycles. The smallest absolute Gasteiger partial charge is 0.205 e. The number of aryl methyl sites for hydroxylation is 1. The van der Waals surface area contributed by atoms with E-state index in [1.54, 1.807) is 4.68 Å². The Hall–Kier alpha value is -2.62. The number of carbonyl (C=O) groups is 1. The standard InChI is InChI=1S/C16H19N5O2/c1-4-21-15(19-8-20-21)12-9(7-17)14(18)23-11-6-16(2,3)5-10(22)13(11)12/h8,12H,4-6,18H2,1-3H3/t12-/m1/s1. The summed E-state index contributed by atoms with van der Waals surface area (Å²) in [6, 6.07) is 2.08. The molecule has 1 aliphatic heterocycles. The van der Waals surface area contributed by atoms with E-state index < -0.39 is 5.92 Å². The SMILES string of the molecule is CCn1ncnc1[C@@H]1C(C#N)=C(N)OC2=C1C(=O)CC(C)(C)C2. The molecule has 0 spiro atoms. The number of hydrogen-bond acceptors (Lipinski definition) is 6. The number of rotatable bonds is 2. The Morgan fingerprint density at radius 2 is 2.26 bits per heavy atom. The van der Waals surface area contributed by atoms with Crippen LogP contribution in [-0.2, 0) is 16.1 Å². The Morgan fingerprint density at radius 1 is 1.52 bits per heavy atom. The summed E-state index contributed by atoms with van der Waals surface area (Å²) in [5.74, 6) is 0.531. The normalized spacial score (nSPS) is 23.4. The Kier molecular flexibility index (Phi) is 3.48. The molecule has 2 heterocycles. The number of nitrogens with zero attached hydrogens (tertiary/aromatic N) is 4. The number of nitrogens with two attached hydrogens (primary N) is 1. The first-order chi connectivity index (χ1) is 10.9. The van der Waals surface area contributed by atoms with Crippen LogP contribution in [0, 0.1) is 16.7 Å². The van der Waals surface area contributed by atoms with Crippen LogP contribution in [-0.4, -0.2) is 20.5 Å². The molecule has 1 aromatic rings. The zero-order valence-corrected chi connectivity index (χ0v) is 13.5. The minimum Gasteiger partial charge on any atom is -0.444 e. The zero-order valence-electron chi connectivity index (χ0n) is 13.5. The fourth-order valence-electron chi connectivity index (χ4n) is 3.28. The lowest BCUT2D eigenvalue weighted by Gasteiger charge is -2.36. The number of ketones is 1. The van der Waals surface area contributed by atoms with E-state index in [1.807, 2.05) is 20.8 Å². The van der Waals surface area contributed by atoms with Crippen molar-refractivity contribution in [2.45, 2.75) is 46.1 Å². The van der Waals surface area contributed by atoms with E-state index in [4.69, 9.17) is 10.5 Å². The second-order valence-corrected chi connectivity index (χ2v) is 6.64. The van der Waals surface area contributed by atoms with E-state index >= 15 is 0 Å². The molecule has 0 amide bonds. The lowest BCUT2D eigenvalue weighted by Crippen LogP contribution is -2.34. The number of carbonyl (C=O) groups excluding carboxylic acids is 1. The molecule has 23 heavy (non-hydrogen) atoms. The molecule has 3 rings (SSSR count). The summed E-state index contributed by atoms with van der Waals surface area (Å²) in [7, 11) is 0. The Balaban J connectivity index is 2.20. The first kappa shape index (κ1) is 15.3. The third-order valence-electron chi connectivity index (χ3n) is 4.28. The summed E-state index contributed by atoms with van der Waals surface area (Å²) < 4.78 is 7.32. The molecule has 7 nitrogen and oxygen atoms in total. The van der Waals surface area contributed by atoms with Crippen LogP contribution in [0.5, 0.6) is 0 Å². The van der Waals surface area contributed by atoms with Crippen LogP contribution in [0.1, 0.15) is 45.4 Å². The van der Waals surface area contributed by atoms with Crippen molar-refractivity contribution in [3.8, 4) is 6.07 Å². The summed E-state index contributed by atoms with van der Waals surface area (Å²) in [6.45, 7) is 6.55. The molecule has 7 heteroatoms. The second-order valence-electron chi connectivity index (χ2n) is 6.64. The van der Waals surface area contributed by atoms with Crippen LogP contribution in [0.2, 0.25) is 0 Å². The molecule has 0 bridgehead atoms. The number of nitriles is 1. The van der Waals surface area contributed by atoms with E-state index in [1.165, 1.54) is 6.33 Å². The molecule has 1 atom stereocenters. The molecule has 120 valence electrons. The lowest BCUT2D eigenvalue weighted by molar-refractivity contribution is -0.119. The average Bonchev–Trinajstić information content (AvgIpc) is 2.92. The van der Waals surface area contributed by atoms with Gasteiger partial charge in [0.25, 0.3) is 0 Å². The number of ether oxygens (including phenoxy) is 1. The fourth-order valence-corrected chi connectivity index (χ4v) is 3.28. The van der Waals surface area contributed by atoms with E-state index in [0.29, 0.717) is 36.5 Å². The highest BCUT2D eigenvalue weighted by molar-refractivity contribution is 5.99. The lowest BCUT2D eigenvalue weighted by atomic mass is 9.71. The second kappa shape index (κ2) is 5.23. The van der Waals surface area contributed by atoms with Crippen LogP contribution in [0.3, 0.4) is 0 Å². The summed E-state index contributed by atoms with van der Waals surface area (Å²) in [4.78, 5) is 17.0. The van der Waals surface area contributed by atoms with Crippen molar-refractivity contribution < 1.29 is 9.53 Å². The highest BCUT2D eigenvalue weighted by Crippen LogP contribution is 2.47. The van der Waals surface area contributed by atoms with Crippen LogP contribution >= 0.6 is 0 Å². The minimum absolute atomic E-state index is 0.0212. The number of hydrogen-bond donors (Lipinski definition) is 1. The van der Waals surface area contributed by atoms with Gasteiger partial charge in [-0.3, -0.25) is 4.79 Å². The van der Waals surface area contributed by atoms with Gasteiger partial charge in [-0.1, -0.05) is 13.8 Å². The van der Waals surface area contributed by atoms with Gasteiger partial charge < -0.3 is 10.5 Å². The van der Waals surface area contributed by atoms with Crippen molar-refractivity contribution in [2.75, 3.05) is 0 Å². The monoisotopic (exact) mass is 313 g/mol. The quantitative estimate of drug-likeness (QED) is 0.891. The summed E-state index contributed by atoms with van der Waals surface area (Å²) >= 11 is 0. The van der Waals surface area contributed by atoms with Crippen molar-refractivity contribution in [3.63, 3.8) is 0 Å². The van der Waals surface area contributed by atoms with Crippen molar-refractivity contribution in [1.82, 2.24) is 14.8 Å². The molecular weight excluding hydrogens is 294 g/mol. The first-order valence-electron chi connectivity index (χ1n) is 7.59. The van der Waals surface area contributed by atoms with Gasteiger partial charge in [0.05, 0.1) is 5.92 Å². The molecule has 2 N–H and O–H groups in total. The Bertz CT molecular complexity index is 779. The molecule has 1 aliphatic carbocycles. The van der Waals surface area contributed by atoms with Gasteiger partial charge in [0.15, 0.2) is 5.78 Å². The number of Topliss-reactive ketones (excluding diaryl/α,β-unsaturated/α-hetero) is 1. The van der Waals surface area contributed by atoms with Crippen molar-refractivity contribution in [3.05, 3.63) is 34.9 Å². The first-order valence-corrected chi connectivity index (χ1v) is 7.59. The molecule has 1 aromatic heterocycles. The highest BCUT2D eigenvalue weighted by atomic mass is 16.5. The van der Waals surface area contributed by atoms with Crippen molar-refractivity contribution >= 4 is 5.78 Å². The van der Waals surface area contributed by atoms with Gasteiger partial charge in [0, 0.05) is 25.0 Å². The maximum atomic E-state index is 12.7. The maximum Gasteiger partial charge on any atom is 0.205 e. The number of aromatic nitrogens is 3. The van der Waals surface area contributed by atoms with Crippen LogP contribution < -0.4 is 5.73 Å². The summed E-state index contributed by atoms with van der Waals surface area (Å²) in [5, 5.41) is 13.7. The predicted molar refractivity (Wildman–Crippen MR) is 81.4 cm³/mol. The molecule has 0 fully saturated rings. The molecular formula is C16H19N5O2. The fraction of sp³-hybridized carbons (Fsp3) is 0.500. The molecule has 0 unspecified atom stereocenters. The van der Waals surface area contributed by atoms with E-state index in [-0.39, 0.29) is 22.7 Å². The van der Waals surface area contributed by atoms with Crippen molar-refractivity contribution in [1.29, 1.82) is 5.26 Å². The largest absolute Gasteiger partial charge is 0.444 e. The Labute approximate surface area is 134 Å². The van der Waals surface area contributed by atoms with Gasteiger partial charge >= 0.3 is 0 Å². The van der Waals surface area contributed by atoms with E-state index in [9.17, 15) is 10.1 Å². The van der Waals surface area contributed by atoms with Gasteiger partial charge in [0.1, 0.15) is 29.6 Å². The van der Waals surface area contributed by atoms with Crippen molar-refractivity contribution in [2.24, 2.45) is 11.1 Å². The third kappa shape index (κ3) is 2.40. The molecule has 0 radical (unpaired) electrons. The van der Waals surface area contributed by atoms with Crippen LogP contribution in [0.15, 0.2) is 29.1 Å². The minimum atomic E-state index is -0.602. The third-order valence-corrected chi connectivity index (χ3v) is 4.28. The molecule has 2 aliphatic rings. The molecule has 0 aromatic carbocycles. The molecule has 0 saturated carbocycles. The topological polar surface area (TPSA) is 107 Å². The van der Waals surface area contributed by atoms with E-state index in [2.05, 4.69) is 16.2 Å². The average molecular weight is 313 g/mol. The maximum absolute atomic E-state index is 12.7. The predicted octanol–water partition coefficient (Wildman–Crippen LogP) is 1.75. The van der Waals surface area contributed by atoms with Gasteiger partial charge in [-0.15, -0.1) is 0 Å². The van der Waals surface area contributed by atoms with Gasteiger partial charge in [-0.25, -0.2) is 9.67 Å². The van der Waals surface area contributed by atoms with Gasteiger partial charge in [-0.05, 0) is 12.3 Å². The Morgan fingerprint density at radius 3 is 2.91 bits per heavy atom. The van der Waals surface area contributed by atoms with Gasteiger partial charge in [0.2, 0.25) is 5.88 Å².